The zero-order chi connectivity index (χ0) is 13.2. The zero-order valence-electron chi connectivity index (χ0n) is 12.0. The smallest absolute Gasteiger partial charge is 0.00401 e. The molecule has 0 saturated heterocycles. The molecule has 0 aliphatic carbocycles. The van der Waals surface area contributed by atoms with Crippen LogP contribution in [-0.4, -0.2) is 0 Å². The van der Waals surface area contributed by atoms with E-state index in [0.717, 1.165) is 10.8 Å². The second kappa shape index (κ2) is 9.49. The normalized spacial score (nSPS) is 12.6. The number of thiol groups is 1. The van der Waals surface area contributed by atoms with E-state index >= 15 is 0 Å². The number of hydrogen-bond donors (Lipinski definition) is 1. The molecule has 0 N–H and O–H groups in total. The van der Waals surface area contributed by atoms with E-state index in [2.05, 4.69) is 50.7 Å². The van der Waals surface area contributed by atoms with E-state index in [1.165, 1.54) is 56.9 Å². The van der Waals surface area contributed by atoms with E-state index < -0.39 is 0 Å². The van der Waals surface area contributed by atoms with Crippen molar-refractivity contribution in [1.82, 2.24) is 0 Å². The Morgan fingerprint density at radius 1 is 0.944 bits per heavy atom. The average molecular weight is 264 g/mol. The largest absolute Gasteiger partial charge is 0.143 e. The van der Waals surface area contributed by atoms with Gasteiger partial charge in [-0.1, -0.05) is 70.9 Å². The van der Waals surface area contributed by atoms with Crippen molar-refractivity contribution < 1.29 is 0 Å². The molecule has 1 aromatic rings. The van der Waals surface area contributed by atoms with E-state index in [1.807, 2.05) is 0 Å². The minimum atomic E-state index is 0.807. The van der Waals surface area contributed by atoms with Crippen molar-refractivity contribution in [2.45, 2.75) is 70.1 Å². The molecule has 102 valence electrons. The Balaban J connectivity index is 2.10. The summed E-state index contributed by atoms with van der Waals surface area (Å²) in [5.74, 6) is 0.807. The molecule has 0 aromatic heterocycles. The monoisotopic (exact) mass is 264 g/mol. The maximum atomic E-state index is 4.32. The Hall–Kier alpha value is -0.430. The molecule has 0 spiro atoms. The molecule has 0 heterocycles. The van der Waals surface area contributed by atoms with Crippen LogP contribution in [0, 0.1) is 5.92 Å². The van der Waals surface area contributed by atoms with Gasteiger partial charge in [-0.15, -0.1) is 12.6 Å². The second-order valence-corrected chi connectivity index (χ2v) is 6.05. The van der Waals surface area contributed by atoms with E-state index in [-0.39, 0.29) is 0 Å². The molecule has 0 saturated carbocycles. The van der Waals surface area contributed by atoms with Crippen LogP contribution in [0.3, 0.4) is 0 Å². The Labute approximate surface area is 119 Å². The lowest BCUT2D eigenvalue weighted by atomic mass is 9.95. The van der Waals surface area contributed by atoms with Crippen molar-refractivity contribution >= 4 is 12.6 Å². The molecule has 1 rings (SSSR count). The molecule has 1 unspecified atom stereocenters. The van der Waals surface area contributed by atoms with E-state index in [1.54, 1.807) is 0 Å². The van der Waals surface area contributed by atoms with Crippen LogP contribution in [0.5, 0.6) is 0 Å². The molecule has 1 atom stereocenters. The highest BCUT2D eigenvalue weighted by atomic mass is 32.1. The van der Waals surface area contributed by atoms with E-state index in [0.29, 0.717) is 0 Å². The van der Waals surface area contributed by atoms with Gasteiger partial charge in [0.1, 0.15) is 0 Å². The lowest BCUT2D eigenvalue weighted by Crippen LogP contribution is -1.99. The highest BCUT2D eigenvalue weighted by Crippen LogP contribution is 2.17. The molecular weight excluding hydrogens is 236 g/mol. The average Bonchev–Trinajstić information content (AvgIpc) is 2.36. The fraction of sp³-hybridized carbons (Fsp3) is 0.647. The zero-order valence-corrected chi connectivity index (χ0v) is 12.9. The first-order chi connectivity index (χ1) is 8.72. The van der Waals surface area contributed by atoms with Crippen LogP contribution in [0.4, 0.5) is 0 Å². The maximum Gasteiger partial charge on any atom is 0.00401 e. The first kappa shape index (κ1) is 15.6. The van der Waals surface area contributed by atoms with Gasteiger partial charge in [-0.05, 0) is 30.0 Å². The molecule has 1 aromatic carbocycles. The van der Waals surface area contributed by atoms with Gasteiger partial charge in [0, 0.05) is 4.90 Å². The third-order valence-electron chi connectivity index (χ3n) is 3.57. The van der Waals surface area contributed by atoms with Crippen LogP contribution in [0.2, 0.25) is 0 Å². The van der Waals surface area contributed by atoms with Gasteiger partial charge in [0.15, 0.2) is 0 Å². The molecular formula is C17H28S. The predicted molar refractivity (Wildman–Crippen MR) is 84.6 cm³/mol. The van der Waals surface area contributed by atoms with Gasteiger partial charge >= 0.3 is 0 Å². The predicted octanol–water partition coefficient (Wildman–Crippen LogP) is 5.90. The Morgan fingerprint density at radius 3 is 2.22 bits per heavy atom. The summed E-state index contributed by atoms with van der Waals surface area (Å²) in [6.07, 6.45) is 11.0. The van der Waals surface area contributed by atoms with Gasteiger partial charge in [-0.25, -0.2) is 0 Å². The van der Waals surface area contributed by atoms with Crippen molar-refractivity contribution in [3.8, 4) is 0 Å². The molecule has 0 fully saturated rings. The summed E-state index contributed by atoms with van der Waals surface area (Å²) >= 11 is 4.32. The topological polar surface area (TPSA) is 0 Å². The second-order valence-electron chi connectivity index (χ2n) is 5.53. The lowest BCUT2D eigenvalue weighted by molar-refractivity contribution is 0.481. The van der Waals surface area contributed by atoms with Gasteiger partial charge in [-0.3, -0.25) is 0 Å². The van der Waals surface area contributed by atoms with Crippen molar-refractivity contribution in [3.05, 3.63) is 29.8 Å². The molecule has 0 radical (unpaired) electrons. The highest BCUT2D eigenvalue weighted by molar-refractivity contribution is 7.80. The van der Waals surface area contributed by atoms with Crippen LogP contribution in [0.25, 0.3) is 0 Å². The van der Waals surface area contributed by atoms with Gasteiger partial charge in [0.05, 0.1) is 0 Å². The first-order valence-electron chi connectivity index (χ1n) is 7.50. The first-order valence-corrected chi connectivity index (χ1v) is 7.95. The molecule has 0 bridgehead atoms. The van der Waals surface area contributed by atoms with Gasteiger partial charge in [-0.2, -0.15) is 0 Å². The summed E-state index contributed by atoms with van der Waals surface area (Å²) in [4.78, 5) is 1.06. The summed E-state index contributed by atoms with van der Waals surface area (Å²) in [5.41, 5.74) is 1.45. The third kappa shape index (κ3) is 7.10. The quantitative estimate of drug-likeness (QED) is 0.416. The van der Waals surface area contributed by atoms with Crippen molar-refractivity contribution in [2.75, 3.05) is 0 Å². The van der Waals surface area contributed by atoms with Gasteiger partial charge in [0.2, 0.25) is 0 Å². The highest BCUT2D eigenvalue weighted by Gasteiger charge is 2.03. The van der Waals surface area contributed by atoms with Crippen LogP contribution in [-0.2, 0) is 6.42 Å². The van der Waals surface area contributed by atoms with Crippen molar-refractivity contribution in [1.29, 1.82) is 0 Å². The fourth-order valence-electron chi connectivity index (χ4n) is 2.41. The SMILES string of the molecule is CCCCCCCCC(C)Cc1ccc(S)cc1. The van der Waals surface area contributed by atoms with Crippen molar-refractivity contribution in [3.63, 3.8) is 0 Å². The summed E-state index contributed by atoms with van der Waals surface area (Å²) < 4.78 is 0. The van der Waals surface area contributed by atoms with E-state index in [9.17, 15) is 0 Å². The third-order valence-corrected chi connectivity index (χ3v) is 3.87. The molecule has 0 nitrogen and oxygen atoms in total. The van der Waals surface area contributed by atoms with Crippen LogP contribution in [0.1, 0.15) is 64.4 Å². The summed E-state index contributed by atoms with van der Waals surface area (Å²) in [7, 11) is 0. The maximum absolute atomic E-state index is 4.32. The van der Waals surface area contributed by atoms with Gasteiger partial charge in [0.25, 0.3) is 0 Å². The summed E-state index contributed by atoms with van der Waals surface area (Å²) in [5, 5.41) is 0. The minimum Gasteiger partial charge on any atom is -0.143 e. The summed E-state index contributed by atoms with van der Waals surface area (Å²) in [6.45, 7) is 4.65. The number of unbranched alkanes of at least 4 members (excludes halogenated alkanes) is 5. The summed E-state index contributed by atoms with van der Waals surface area (Å²) in [6, 6.07) is 8.60. The van der Waals surface area contributed by atoms with Crippen LogP contribution < -0.4 is 0 Å². The molecule has 18 heavy (non-hydrogen) atoms. The van der Waals surface area contributed by atoms with Gasteiger partial charge < -0.3 is 0 Å². The van der Waals surface area contributed by atoms with Crippen LogP contribution in [0.15, 0.2) is 29.2 Å². The Bertz CT molecular complexity index is 302. The molecule has 0 aliphatic rings. The minimum absolute atomic E-state index is 0.807. The standard InChI is InChI=1S/C17H28S/c1-3-4-5-6-7-8-9-15(2)14-16-10-12-17(18)13-11-16/h10-13,15,18H,3-9,14H2,1-2H3. The molecule has 0 amide bonds. The molecule has 1 heteroatoms. The van der Waals surface area contributed by atoms with Crippen LogP contribution >= 0.6 is 12.6 Å². The Morgan fingerprint density at radius 2 is 1.56 bits per heavy atom. The number of rotatable bonds is 9. The lowest BCUT2D eigenvalue weighted by Gasteiger charge is -2.11. The van der Waals surface area contributed by atoms with Crippen molar-refractivity contribution in [2.24, 2.45) is 5.92 Å². The number of hydrogen-bond acceptors (Lipinski definition) is 1. The number of benzene rings is 1. The van der Waals surface area contributed by atoms with E-state index in [4.69, 9.17) is 0 Å². The Kier molecular flexibility index (Phi) is 8.24. The molecule has 0 aliphatic heterocycles. The fourth-order valence-corrected chi connectivity index (χ4v) is 2.56.